The molecule has 1 heterocycles. The first-order valence-electron chi connectivity index (χ1n) is 3.60. The van der Waals surface area contributed by atoms with E-state index in [9.17, 15) is 4.79 Å². The van der Waals surface area contributed by atoms with Gasteiger partial charge in [0.2, 0.25) is 0 Å². The van der Waals surface area contributed by atoms with Crippen molar-refractivity contribution in [3.05, 3.63) is 22.4 Å². The maximum atomic E-state index is 11.1. The molecule has 0 radical (unpaired) electrons. The van der Waals surface area contributed by atoms with Gasteiger partial charge in [0.15, 0.2) is 0 Å². The molecule has 76 valence electrons. The van der Waals surface area contributed by atoms with Gasteiger partial charge >= 0.3 is 5.97 Å². The molecule has 0 aliphatic heterocycles. The number of carbonyl (C=O) groups is 1. The zero-order valence-corrected chi connectivity index (χ0v) is 8.98. The molecule has 0 saturated carbocycles. The molecule has 0 saturated heterocycles. The summed E-state index contributed by atoms with van der Waals surface area (Å²) in [6, 6.07) is 3.03. The van der Waals surface area contributed by atoms with Crippen LogP contribution in [0.4, 0.5) is 5.69 Å². The van der Waals surface area contributed by atoms with Crippen LogP contribution in [0.15, 0.2) is 16.7 Å². The summed E-state index contributed by atoms with van der Waals surface area (Å²) in [6.07, 6.45) is 0. The van der Waals surface area contributed by atoms with Crippen molar-refractivity contribution in [2.45, 2.75) is 0 Å². The van der Waals surface area contributed by atoms with Crippen molar-refractivity contribution in [1.82, 2.24) is 4.98 Å². The fourth-order valence-corrected chi connectivity index (χ4v) is 1.37. The fraction of sp³-hybridized carbons (Fsp3) is 0.143. The molecule has 1 aromatic heterocycles. The Morgan fingerprint density at radius 2 is 2.21 bits per heavy atom. The van der Waals surface area contributed by atoms with Gasteiger partial charge in [0.05, 0.1) is 7.11 Å². The van der Waals surface area contributed by atoms with E-state index in [0.29, 0.717) is 10.3 Å². The Morgan fingerprint density at radius 1 is 1.57 bits per heavy atom. The Kier molecular flexibility index (Phi) is 3.39. The van der Waals surface area contributed by atoms with Gasteiger partial charge in [0.1, 0.15) is 16.0 Å². The average molecular weight is 261 g/mol. The molecule has 7 heteroatoms. The summed E-state index contributed by atoms with van der Waals surface area (Å²) in [5.41, 5.74) is 0.655. The van der Waals surface area contributed by atoms with Gasteiger partial charge < -0.3 is 4.74 Å². The van der Waals surface area contributed by atoms with Crippen LogP contribution in [-0.4, -0.2) is 18.1 Å². The zero-order valence-electron chi connectivity index (χ0n) is 7.40. The summed E-state index contributed by atoms with van der Waals surface area (Å²) < 4.78 is 4.87. The fourth-order valence-electron chi connectivity index (χ4n) is 0.838. The largest absolute Gasteiger partial charge is 0.464 e. The van der Waals surface area contributed by atoms with Crippen LogP contribution in [0.5, 0.6) is 0 Å². The standard InChI is InChI=1S/C7H9BrN4O2/c1-14-7(13)4-2-3-5(12(9)10)6(8)11-4/h2-3H,9-10H2,1H3. The number of pyridine rings is 1. The molecular weight excluding hydrogens is 252 g/mol. The number of hydrazine groups is 2. The van der Waals surface area contributed by atoms with Crippen LogP contribution < -0.4 is 16.8 Å². The number of hydrogen-bond donors (Lipinski definition) is 2. The van der Waals surface area contributed by atoms with Gasteiger partial charge in [0.25, 0.3) is 0 Å². The van der Waals surface area contributed by atoms with Crippen LogP contribution in [0.1, 0.15) is 10.5 Å². The normalized spacial score (nSPS) is 9.71. The van der Waals surface area contributed by atoms with Crippen molar-refractivity contribution >= 4 is 27.6 Å². The summed E-state index contributed by atoms with van der Waals surface area (Å²) in [6.45, 7) is 0. The first-order chi connectivity index (χ1) is 6.56. The maximum absolute atomic E-state index is 11.1. The predicted molar refractivity (Wildman–Crippen MR) is 54.1 cm³/mol. The molecule has 0 aromatic carbocycles. The Bertz CT molecular complexity index is 356. The number of nitrogens with zero attached hydrogens (tertiary/aromatic N) is 2. The molecule has 1 aromatic rings. The monoisotopic (exact) mass is 260 g/mol. The van der Waals surface area contributed by atoms with Crippen LogP contribution in [0, 0.1) is 0 Å². The van der Waals surface area contributed by atoms with Crippen molar-refractivity contribution in [3.8, 4) is 0 Å². The van der Waals surface area contributed by atoms with Crippen LogP contribution in [-0.2, 0) is 4.74 Å². The van der Waals surface area contributed by atoms with Crippen molar-refractivity contribution in [1.29, 1.82) is 0 Å². The van der Waals surface area contributed by atoms with Gasteiger partial charge in [0, 0.05) is 0 Å². The van der Waals surface area contributed by atoms with E-state index in [-0.39, 0.29) is 5.69 Å². The first-order valence-corrected chi connectivity index (χ1v) is 4.40. The van der Waals surface area contributed by atoms with E-state index < -0.39 is 5.97 Å². The Morgan fingerprint density at radius 3 is 2.64 bits per heavy atom. The third-order valence-corrected chi connectivity index (χ3v) is 2.09. The minimum atomic E-state index is -0.516. The highest BCUT2D eigenvalue weighted by Gasteiger charge is 2.11. The molecule has 0 aliphatic rings. The third-order valence-electron chi connectivity index (χ3n) is 1.50. The lowest BCUT2D eigenvalue weighted by Crippen LogP contribution is -2.38. The number of carbonyl (C=O) groups excluding carboxylic acids is 1. The number of aromatic nitrogens is 1. The summed E-state index contributed by atoms with van der Waals surface area (Å²) in [5.74, 6) is 10.1. The second kappa shape index (κ2) is 4.36. The van der Waals surface area contributed by atoms with Crippen molar-refractivity contribution in [3.63, 3.8) is 0 Å². The number of hydrogen-bond acceptors (Lipinski definition) is 6. The number of nitrogens with two attached hydrogens (primary N) is 2. The quantitative estimate of drug-likeness (QED) is 0.341. The molecule has 1 rings (SSSR count). The second-order valence-corrected chi connectivity index (χ2v) is 3.16. The Labute approximate surface area is 88.9 Å². The van der Waals surface area contributed by atoms with Crippen LogP contribution in [0.25, 0.3) is 0 Å². The van der Waals surface area contributed by atoms with Gasteiger partial charge in [-0.1, -0.05) is 0 Å². The number of ether oxygens (including phenoxy) is 1. The summed E-state index contributed by atoms with van der Waals surface area (Å²) in [5, 5.41) is 0.901. The zero-order chi connectivity index (χ0) is 10.7. The molecule has 4 N–H and O–H groups in total. The highest BCUT2D eigenvalue weighted by molar-refractivity contribution is 9.10. The van der Waals surface area contributed by atoms with Crippen LogP contribution in [0.2, 0.25) is 0 Å². The highest BCUT2D eigenvalue weighted by Crippen LogP contribution is 2.20. The predicted octanol–water partition coefficient (Wildman–Crippen LogP) is 0.185. The molecular formula is C7H9BrN4O2. The summed E-state index contributed by atoms with van der Waals surface area (Å²) in [4.78, 5) is 15.0. The van der Waals surface area contributed by atoms with Gasteiger partial charge in [-0.3, -0.25) is 0 Å². The van der Waals surface area contributed by atoms with Gasteiger partial charge in [-0.15, -0.1) is 0 Å². The molecule has 0 spiro atoms. The highest BCUT2D eigenvalue weighted by atomic mass is 79.9. The van der Waals surface area contributed by atoms with E-state index in [0.717, 1.165) is 5.12 Å². The van der Waals surface area contributed by atoms with E-state index in [2.05, 4.69) is 25.7 Å². The molecule has 0 bridgehead atoms. The number of halogens is 1. The van der Waals surface area contributed by atoms with Gasteiger partial charge in [-0.05, 0) is 28.1 Å². The van der Waals surface area contributed by atoms with Crippen molar-refractivity contribution in [2.24, 2.45) is 11.7 Å². The molecule has 0 atom stereocenters. The molecule has 14 heavy (non-hydrogen) atoms. The molecule has 0 fully saturated rings. The Balaban J connectivity index is 3.06. The van der Waals surface area contributed by atoms with Crippen LogP contribution in [0.3, 0.4) is 0 Å². The van der Waals surface area contributed by atoms with Gasteiger partial charge in [-0.2, -0.15) is 0 Å². The number of esters is 1. The lowest BCUT2D eigenvalue weighted by molar-refractivity contribution is 0.0594. The molecule has 0 amide bonds. The van der Waals surface area contributed by atoms with Crippen molar-refractivity contribution < 1.29 is 9.53 Å². The van der Waals surface area contributed by atoms with E-state index in [4.69, 9.17) is 11.7 Å². The summed E-state index contributed by atoms with van der Waals surface area (Å²) >= 11 is 3.12. The number of methoxy groups -OCH3 is 1. The smallest absolute Gasteiger partial charge is 0.356 e. The Hall–Kier alpha value is -1.18. The topological polar surface area (TPSA) is 94.5 Å². The van der Waals surface area contributed by atoms with E-state index >= 15 is 0 Å². The molecule has 0 aliphatic carbocycles. The van der Waals surface area contributed by atoms with Gasteiger partial charge in [-0.25, -0.2) is 26.6 Å². The third kappa shape index (κ3) is 2.19. The summed E-state index contributed by atoms with van der Waals surface area (Å²) in [7, 11) is 1.28. The first kappa shape index (κ1) is 10.9. The SMILES string of the molecule is COC(=O)c1ccc(N(N)N)c(Br)n1. The minimum Gasteiger partial charge on any atom is -0.464 e. The molecule has 6 nitrogen and oxygen atoms in total. The average Bonchev–Trinajstić information content (AvgIpc) is 2.15. The number of anilines is 1. The van der Waals surface area contributed by atoms with E-state index in [1.807, 2.05) is 0 Å². The molecule has 0 unspecified atom stereocenters. The minimum absolute atomic E-state index is 0.185. The number of rotatable bonds is 2. The second-order valence-electron chi connectivity index (χ2n) is 2.41. The lowest BCUT2D eigenvalue weighted by atomic mass is 10.3. The van der Waals surface area contributed by atoms with Crippen molar-refractivity contribution in [2.75, 3.05) is 12.2 Å². The van der Waals surface area contributed by atoms with E-state index in [1.165, 1.54) is 13.2 Å². The van der Waals surface area contributed by atoms with E-state index in [1.54, 1.807) is 6.07 Å². The van der Waals surface area contributed by atoms with Crippen LogP contribution >= 0.6 is 15.9 Å². The maximum Gasteiger partial charge on any atom is 0.356 e. The lowest BCUT2D eigenvalue weighted by Gasteiger charge is -2.12.